The molecule has 2 nitrogen and oxygen atoms in total. The largest absolute Gasteiger partial charge is 0.375 e. The van der Waals surface area contributed by atoms with Crippen molar-refractivity contribution in [1.29, 1.82) is 0 Å². The van der Waals surface area contributed by atoms with Crippen LogP contribution >= 0.6 is 0 Å². The fraction of sp³-hybridized carbons (Fsp3) is 0.684. The van der Waals surface area contributed by atoms with Crippen molar-refractivity contribution < 1.29 is 4.74 Å². The summed E-state index contributed by atoms with van der Waals surface area (Å²) in [6.07, 6.45) is 6.97. The van der Waals surface area contributed by atoms with E-state index in [2.05, 4.69) is 43.4 Å². The quantitative estimate of drug-likeness (QED) is 0.863. The zero-order valence-electron chi connectivity index (χ0n) is 13.5. The maximum Gasteiger partial charge on any atom is 0.0721 e. The van der Waals surface area contributed by atoms with Gasteiger partial charge in [-0.3, -0.25) is 0 Å². The van der Waals surface area contributed by atoms with Crippen molar-refractivity contribution >= 4 is 0 Å². The summed E-state index contributed by atoms with van der Waals surface area (Å²) < 4.78 is 5.78. The standard InChI is InChI=1S/C19H29NO/c1-15(2)11-19(9-5-6-10-19)14-20-18-13-21-12-16-7-3-4-8-17(16)18/h3-4,7-8,15,18,20H,5-6,9-14H2,1-2H3. The van der Waals surface area contributed by atoms with Crippen LogP contribution in [0, 0.1) is 11.3 Å². The first-order valence-electron chi connectivity index (χ1n) is 8.57. The molecule has 0 amide bonds. The van der Waals surface area contributed by atoms with Gasteiger partial charge in [0.1, 0.15) is 0 Å². The Hall–Kier alpha value is -0.860. The zero-order valence-corrected chi connectivity index (χ0v) is 13.5. The first-order valence-corrected chi connectivity index (χ1v) is 8.57. The molecule has 1 aromatic rings. The van der Waals surface area contributed by atoms with Gasteiger partial charge in [0.2, 0.25) is 0 Å². The molecule has 1 aliphatic carbocycles. The maximum absolute atomic E-state index is 5.78. The second-order valence-electron chi connectivity index (χ2n) is 7.45. The van der Waals surface area contributed by atoms with Gasteiger partial charge in [-0.2, -0.15) is 0 Å². The summed E-state index contributed by atoms with van der Waals surface area (Å²) in [6, 6.07) is 9.10. The number of nitrogens with one attached hydrogen (secondary N) is 1. The van der Waals surface area contributed by atoms with Gasteiger partial charge in [-0.1, -0.05) is 51.0 Å². The Balaban J connectivity index is 1.67. The second-order valence-corrected chi connectivity index (χ2v) is 7.45. The van der Waals surface area contributed by atoms with E-state index < -0.39 is 0 Å². The van der Waals surface area contributed by atoms with E-state index in [1.54, 1.807) is 0 Å². The Morgan fingerprint density at radius 1 is 1.24 bits per heavy atom. The van der Waals surface area contributed by atoms with Gasteiger partial charge in [-0.25, -0.2) is 0 Å². The van der Waals surface area contributed by atoms with Gasteiger partial charge in [-0.15, -0.1) is 0 Å². The number of ether oxygens (including phenoxy) is 1. The molecule has 21 heavy (non-hydrogen) atoms. The topological polar surface area (TPSA) is 21.3 Å². The molecule has 1 fully saturated rings. The molecular weight excluding hydrogens is 258 g/mol. The third-order valence-corrected chi connectivity index (χ3v) is 5.20. The Bertz CT molecular complexity index is 462. The summed E-state index contributed by atoms with van der Waals surface area (Å²) in [6.45, 7) is 7.45. The first kappa shape index (κ1) is 15.1. The first-order chi connectivity index (χ1) is 10.2. The van der Waals surface area contributed by atoms with E-state index in [0.29, 0.717) is 11.5 Å². The van der Waals surface area contributed by atoms with Crippen LogP contribution in [0.1, 0.15) is 63.1 Å². The van der Waals surface area contributed by atoms with Crippen molar-refractivity contribution in [1.82, 2.24) is 5.32 Å². The molecule has 2 heteroatoms. The lowest BCUT2D eigenvalue weighted by Crippen LogP contribution is -2.38. The summed E-state index contributed by atoms with van der Waals surface area (Å²) in [7, 11) is 0. The van der Waals surface area contributed by atoms with E-state index in [0.717, 1.165) is 25.7 Å². The van der Waals surface area contributed by atoms with Gasteiger partial charge < -0.3 is 10.1 Å². The maximum atomic E-state index is 5.78. The fourth-order valence-corrected chi connectivity index (χ4v) is 4.33. The Morgan fingerprint density at radius 2 is 2.00 bits per heavy atom. The minimum atomic E-state index is 0.375. The Labute approximate surface area is 129 Å². The lowest BCUT2D eigenvalue weighted by molar-refractivity contribution is 0.0759. The lowest BCUT2D eigenvalue weighted by Gasteiger charge is -2.35. The molecule has 0 radical (unpaired) electrons. The third-order valence-electron chi connectivity index (χ3n) is 5.20. The van der Waals surface area contributed by atoms with Crippen LogP contribution in [0.2, 0.25) is 0 Å². The predicted octanol–water partition coefficient (Wildman–Crippen LogP) is 4.45. The Kier molecular flexibility index (Phi) is 4.66. The summed E-state index contributed by atoms with van der Waals surface area (Å²) in [5.74, 6) is 0.791. The smallest absolute Gasteiger partial charge is 0.0721 e. The van der Waals surface area contributed by atoms with E-state index in [9.17, 15) is 0 Å². The van der Waals surface area contributed by atoms with E-state index in [-0.39, 0.29) is 0 Å². The van der Waals surface area contributed by atoms with Crippen LogP contribution in [0.25, 0.3) is 0 Å². The molecule has 1 heterocycles. The molecule has 116 valence electrons. The van der Waals surface area contributed by atoms with Crippen LogP contribution in [0.5, 0.6) is 0 Å². The molecule has 0 spiro atoms. The average molecular weight is 287 g/mol. The molecule has 1 atom stereocenters. The molecular formula is C19H29NO. The lowest BCUT2D eigenvalue weighted by atomic mass is 9.78. The van der Waals surface area contributed by atoms with Crippen LogP contribution in [-0.2, 0) is 11.3 Å². The highest BCUT2D eigenvalue weighted by atomic mass is 16.5. The van der Waals surface area contributed by atoms with Crippen LogP contribution in [-0.4, -0.2) is 13.2 Å². The third kappa shape index (κ3) is 3.49. The van der Waals surface area contributed by atoms with Gasteiger partial charge in [0.15, 0.2) is 0 Å². The van der Waals surface area contributed by atoms with Crippen LogP contribution in [0.15, 0.2) is 24.3 Å². The Morgan fingerprint density at radius 3 is 2.76 bits per heavy atom. The fourth-order valence-electron chi connectivity index (χ4n) is 4.33. The van der Waals surface area contributed by atoms with Gasteiger partial charge in [-0.05, 0) is 41.7 Å². The van der Waals surface area contributed by atoms with Crippen molar-refractivity contribution in [3.8, 4) is 0 Å². The molecule has 1 aromatic carbocycles. The van der Waals surface area contributed by atoms with Crippen LogP contribution in [0.3, 0.4) is 0 Å². The van der Waals surface area contributed by atoms with Crippen molar-refractivity contribution in [3.63, 3.8) is 0 Å². The molecule has 0 aromatic heterocycles. The van der Waals surface area contributed by atoms with Gasteiger partial charge in [0.25, 0.3) is 0 Å². The molecule has 1 aliphatic heterocycles. The zero-order chi connectivity index (χ0) is 14.7. The second kappa shape index (κ2) is 6.50. The van der Waals surface area contributed by atoms with E-state index in [4.69, 9.17) is 4.74 Å². The van der Waals surface area contributed by atoms with Gasteiger partial charge in [0.05, 0.1) is 19.3 Å². The number of fused-ring (bicyclic) bond motifs is 1. The van der Waals surface area contributed by atoms with Crippen molar-refractivity contribution in [2.24, 2.45) is 11.3 Å². The molecule has 3 rings (SSSR count). The number of benzene rings is 1. The van der Waals surface area contributed by atoms with E-state index >= 15 is 0 Å². The van der Waals surface area contributed by atoms with Crippen LogP contribution < -0.4 is 5.32 Å². The number of hydrogen-bond donors (Lipinski definition) is 1. The summed E-state index contributed by atoms with van der Waals surface area (Å²) in [5, 5.41) is 3.84. The highest BCUT2D eigenvalue weighted by Crippen LogP contribution is 2.43. The molecule has 1 saturated carbocycles. The summed E-state index contributed by atoms with van der Waals surface area (Å²) in [4.78, 5) is 0. The minimum absolute atomic E-state index is 0.375. The van der Waals surface area contributed by atoms with E-state index in [1.807, 2.05) is 0 Å². The van der Waals surface area contributed by atoms with Crippen molar-refractivity contribution in [2.45, 2.75) is 58.6 Å². The normalized spacial score (nSPS) is 24.2. The number of hydrogen-bond acceptors (Lipinski definition) is 2. The monoisotopic (exact) mass is 287 g/mol. The molecule has 0 bridgehead atoms. The summed E-state index contributed by atoms with van der Waals surface area (Å²) in [5.41, 5.74) is 3.33. The SMILES string of the molecule is CC(C)CC1(CNC2COCc3ccccc32)CCCC1. The molecule has 2 aliphatic rings. The highest BCUT2D eigenvalue weighted by Gasteiger charge is 2.35. The molecule has 1 N–H and O–H groups in total. The summed E-state index contributed by atoms with van der Waals surface area (Å²) >= 11 is 0. The van der Waals surface area contributed by atoms with E-state index in [1.165, 1.54) is 43.2 Å². The van der Waals surface area contributed by atoms with Gasteiger partial charge in [0, 0.05) is 6.54 Å². The predicted molar refractivity (Wildman–Crippen MR) is 87.2 cm³/mol. The van der Waals surface area contributed by atoms with Crippen molar-refractivity contribution in [2.75, 3.05) is 13.2 Å². The van der Waals surface area contributed by atoms with Crippen LogP contribution in [0.4, 0.5) is 0 Å². The van der Waals surface area contributed by atoms with Gasteiger partial charge >= 0.3 is 0 Å². The number of rotatable bonds is 5. The molecule has 1 unspecified atom stereocenters. The average Bonchev–Trinajstić information content (AvgIpc) is 2.93. The minimum Gasteiger partial charge on any atom is -0.375 e. The van der Waals surface area contributed by atoms with Crippen molar-refractivity contribution in [3.05, 3.63) is 35.4 Å². The highest BCUT2D eigenvalue weighted by molar-refractivity contribution is 5.31. The molecule has 0 saturated heterocycles.